The number of carbonyl (C=O) groups is 2. The summed E-state index contributed by atoms with van der Waals surface area (Å²) in [7, 11) is 0. The second kappa shape index (κ2) is 9.74. The van der Waals surface area contributed by atoms with E-state index in [-0.39, 0.29) is 0 Å². The molecular weight excluding hydrogens is 318 g/mol. The van der Waals surface area contributed by atoms with E-state index in [9.17, 15) is 9.59 Å². The lowest BCUT2D eigenvalue weighted by Crippen LogP contribution is -2.12. The molecule has 0 spiro atoms. The van der Waals surface area contributed by atoms with Crippen LogP contribution in [0.5, 0.6) is 0 Å². The van der Waals surface area contributed by atoms with Crippen molar-refractivity contribution in [2.45, 2.75) is 0 Å². The van der Waals surface area contributed by atoms with Crippen molar-refractivity contribution in [2.24, 2.45) is 0 Å². The van der Waals surface area contributed by atoms with Crippen LogP contribution in [0.4, 0.5) is 5.82 Å². The SMILES string of the molecule is O=C(O)/C=C\C(=O)O.S=C(Nc1ccccn1)c1ccccn1. The molecule has 23 heavy (non-hydrogen) atoms. The van der Waals surface area contributed by atoms with E-state index in [0.29, 0.717) is 17.1 Å². The van der Waals surface area contributed by atoms with Crippen LogP contribution in [0, 0.1) is 0 Å². The van der Waals surface area contributed by atoms with Crippen LogP contribution < -0.4 is 5.32 Å². The van der Waals surface area contributed by atoms with E-state index in [1.165, 1.54) is 0 Å². The van der Waals surface area contributed by atoms with Gasteiger partial charge in [0.15, 0.2) is 0 Å². The number of carboxylic acids is 2. The molecule has 0 saturated carbocycles. The molecule has 0 atom stereocenters. The normalized spacial score (nSPS) is 9.57. The van der Waals surface area contributed by atoms with Gasteiger partial charge >= 0.3 is 11.9 Å². The molecule has 2 aromatic rings. The molecule has 0 aromatic carbocycles. The van der Waals surface area contributed by atoms with E-state index in [2.05, 4.69) is 15.3 Å². The fraction of sp³-hybridized carbons (Fsp3) is 0. The van der Waals surface area contributed by atoms with Crippen LogP contribution >= 0.6 is 12.2 Å². The van der Waals surface area contributed by atoms with E-state index >= 15 is 0 Å². The molecule has 0 saturated heterocycles. The lowest BCUT2D eigenvalue weighted by Gasteiger charge is -2.05. The molecule has 0 aliphatic heterocycles. The van der Waals surface area contributed by atoms with Crippen molar-refractivity contribution < 1.29 is 19.8 Å². The second-order valence-electron chi connectivity index (χ2n) is 3.89. The first kappa shape index (κ1) is 17.9. The minimum atomic E-state index is -1.26. The van der Waals surface area contributed by atoms with Crippen LogP contribution in [0.2, 0.25) is 0 Å². The van der Waals surface area contributed by atoms with Crippen molar-refractivity contribution in [1.82, 2.24) is 9.97 Å². The molecular formula is C15H13N3O4S. The lowest BCUT2D eigenvalue weighted by molar-refractivity contribution is -0.134. The molecule has 0 radical (unpaired) electrons. The summed E-state index contributed by atoms with van der Waals surface area (Å²) >= 11 is 5.19. The number of rotatable bonds is 4. The van der Waals surface area contributed by atoms with Gasteiger partial charge in [-0.1, -0.05) is 24.4 Å². The molecule has 2 aromatic heterocycles. The Morgan fingerprint density at radius 3 is 1.96 bits per heavy atom. The number of anilines is 1. The van der Waals surface area contributed by atoms with Gasteiger partial charge in [0.25, 0.3) is 0 Å². The number of thiocarbonyl (C=S) groups is 1. The van der Waals surface area contributed by atoms with E-state index < -0.39 is 11.9 Å². The average molecular weight is 331 g/mol. The van der Waals surface area contributed by atoms with Crippen molar-refractivity contribution in [1.29, 1.82) is 0 Å². The van der Waals surface area contributed by atoms with Gasteiger partial charge in [-0.3, -0.25) is 4.98 Å². The van der Waals surface area contributed by atoms with Gasteiger partial charge in [-0.15, -0.1) is 0 Å². The number of aliphatic carboxylic acids is 2. The fourth-order valence-corrected chi connectivity index (χ4v) is 1.48. The number of hydrogen-bond acceptors (Lipinski definition) is 5. The van der Waals surface area contributed by atoms with Crippen LogP contribution in [0.1, 0.15) is 5.69 Å². The van der Waals surface area contributed by atoms with Gasteiger partial charge in [0, 0.05) is 24.5 Å². The zero-order valence-electron chi connectivity index (χ0n) is 11.8. The molecule has 0 aliphatic rings. The number of aromatic nitrogens is 2. The first-order valence-electron chi connectivity index (χ1n) is 6.26. The van der Waals surface area contributed by atoms with Gasteiger partial charge < -0.3 is 15.5 Å². The largest absolute Gasteiger partial charge is 0.478 e. The second-order valence-corrected chi connectivity index (χ2v) is 4.30. The Morgan fingerprint density at radius 2 is 1.52 bits per heavy atom. The molecule has 3 N–H and O–H groups in total. The summed E-state index contributed by atoms with van der Waals surface area (Å²) in [6.07, 6.45) is 4.54. The van der Waals surface area contributed by atoms with Gasteiger partial charge in [-0.25, -0.2) is 14.6 Å². The highest BCUT2D eigenvalue weighted by Crippen LogP contribution is 2.04. The third kappa shape index (κ3) is 8.02. The predicted octanol–water partition coefficient (Wildman–Crippen LogP) is 1.98. The standard InChI is InChI=1S/C11H9N3S.C4H4O4/c15-11(9-5-1-3-7-12-9)14-10-6-2-4-8-13-10;5-3(6)1-2-4(7)8/h1-8H,(H,13,14,15);1-2H,(H,5,6)(H,7,8)/b;2-1-. The highest BCUT2D eigenvalue weighted by Gasteiger charge is 2.01. The maximum atomic E-state index is 9.55. The van der Waals surface area contributed by atoms with E-state index in [0.717, 1.165) is 11.5 Å². The number of pyridine rings is 2. The summed E-state index contributed by atoms with van der Waals surface area (Å²) < 4.78 is 0. The van der Waals surface area contributed by atoms with E-state index in [1.807, 2.05) is 36.4 Å². The number of nitrogens with zero attached hydrogens (tertiary/aromatic N) is 2. The number of carboxylic acid groups (broad SMARTS) is 2. The predicted molar refractivity (Wildman–Crippen MR) is 88.2 cm³/mol. The molecule has 118 valence electrons. The van der Waals surface area contributed by atoms with Crippen molar-refractivity contribution >= 4 is 35.0 Å². The summed E-state index contributed by atoms with van der Waals surface area (Å²) in [5.41, 5.74) is 0.748. The zero-order chi connectivity index (χ0) is 17.1. The van der Waals surface area contributed by atoms with Gasteiger partial charge in [-0.2, -0.15) is 0 Å². The summed E-state index contributed by atoms with van der Waals surface area (Å²) in [5, 5.41) is 18.6. The first-order chi connectivity index (χ1) is 11.0. The molecule has 0 amide bonds. The van der Waals surface area contributed by atoms with Crippen LogP contribution in [0.3, 0.4) is 0 Å². The topological polar surface area (TPSA) is 112 Å². The third-order valence-electron chi connectivity index (χ3n) is 2.17. The molecule has 2 rings (SSSR count). The minimum absolute atomic E-state index is 0.558. The molecule has 0 unspecified atom stereocenters. The Labute approximate surface area is 137 Å². The third-order valence-corrected chi connectivity index (χ3v) is 2.48. The maximum absolute atomic E-state index is 9.55. The Kier molecular flexibility index (Phi) is 7.59. The van der Waals surface area contributed by atoms with Crippen molar-refractivity contribution in [3.63, 3.8) is 0 Å². The van der Waals surface area contributed by atoms with Crippen LogP contribution in [-0.2, 0) is 9.59 Å². The van der Waals surface area contributed by atoms with E-state index in [1.54, 1.807) is 12.4 Å². The number of hydrogen-bond donors (Lipinski definition) is 3. The Hall–Kier alpha value is -3.13. The lowest BCUT2D eigenvalue weighted by atomic mass is 10.3. The van der Waals surface area contributed by atoms with Crippen molar-refractivity contribution in [3.05, 3.63) is 66.6 Å². The van der Waals surface area contributed by atoms with Crippen molar-refractivity contribution in [3.8, 4) is 0 Å². The van der Waals surface area contributed by atoms with Gasteiger partial charge in [0.2, 0.25) is 0 Å². The minimum Gasteiger partial charge on any atom is -0.478 e. The zero-order valence-corrected chi connectivity index (χ0v) is 12.6. The van der Waals surface area contributed by atoms with Crippen molar-refractivity contribution in [2.75, 3.05) is 5.32 Å². The molecule has 8 heteroatoms. The smallest absolute Gasteiger partial charge is 0.328 e. The quantitative estimate of drug-likeness (QED) is 0.576. The van der Waals surface area contributed by atoms with Crippen LogP contribution in [-0.4, -0.2) is 37.1 Å². The highest BCUT2D eigenvalue weighted by atomic mass is 32.1. The Bertz CT molecular complexity index is 674. The molecule has 7 nitrogen and oxygen atoms in total. The van der Waals surface area contributed by atoms with Gasteiger partial charge in [-0.05, 0) is 24.3 Å². The average Bonchev–Trinajstić information content (AvgIpc) is 2.55. The van der Waals surface area contributed by atoms with E-state index in [4.69, 9.17) is 22.4 Å². The Morgan fingerprint density at radius 1 is 0.957 bits per heavy atom. The van der Waals surface area contributed by atoms with Crippen LogP contribution in [0.25, 0.3) is 0 Å². The van der Waals surface area contributed by atoms with Gasteiger partial charge in [0.05, 0.1) is 5.69 Å². The van der Waals surface area contributed by atoms with Crippen LogP contribution in [0.15, 0.2) is 60.9 Å². The molecule has 2 heterocycles. The maximum Gasteiger partial charge on any atom is 0.328 e. The molecule has 0 fully saturated rings. The fourth-order valence-electron chi connectivity index (χ4n) is 1.26. The monoisotopic (exact) mass is 331 g/mol. The summed E-state index contributed by atoms with van der Waals surface area (Å²) in [4.78, 5) is 27.9. The molecule has 0 aliphatic carbocycles. The summed E-state index contributed by atoms with van der Waals surface area (Å²) in [6, 6.07) is 11.2. The number of nitrogens with one attached hydrogen (secondary N) is 1. The summed E-state index contributed by atoms with van der Waals surface area (Å²) in [6.45, 7) is 0. The van der Waals surface area contributed by atoms with Gasteiger partial charge in [0.1, 0.15) is 10.8 Å². The Balaban J connectivity index is 0.000000284. The first-order valence-corrected chi connectivity index (χ1v) is 6.67. The summed E-state index contributed by atoms with van der Waals surface area (Å²) in [5.74, 6) is -1.78. The highest BCUT2D eigenvalue weighted by molar-refractivity contribution is 7.81. The molecule has 0 bridgehead atoms.